The van der Waals surface area contributed by atoms with Crippen molar-refractivity contribution < 1.29 is 9.59 Å². The number of hydrogen-bond acceptors (Lipinski definition) is 4. The van der Waals surface area contributed by atoms with Crippen LogP contribution in [0.3, 0.4) is 0 Å². The monoisotopic (exact) mass is 318 g/mol. The van der Waals surface area contributed by atoms with E-state index in [1.165, 1.54) is 0 Å². The number of benzene rings is 1. The van der Waals surface area contributed by atoms with Gasteiger partial charge in [-0.1, -0.05) is 12.1 Å². The number of thiazole rings is 1. The molecule has 0 saturated carbocycles. The molecule has 116 valence electrons. The average Bonchev–Trinajstić information content (AvgIpc) is 3.11. The van der Waals surface area contributed by atoms with Crippen molar-refractivity contribution in [2.24, 2.45) is 5.73 Å². The van der Waals surface area contributed by atoms with E-state index in [-0.39, 0.29) is 11.9 Å². The molecule has 3 amide bonds. The second-order valence-corrected chi connectivity index (χ2v) is 6.50. The minimum atomic E-state index is -0.684. The Morgan fingerprint density at radius 1 is 1.45 bits per heavy atom. The van der Waals surface area contributed by atoms with E-state index < -0.39 is 12.1 Å². The predicted octanol–water partition coefficient (Wildman–Crippen LogP) is 2.02. The fourth-order valence-corrected chi connectivity index (χ4v) is 3.96. The Morgan fingerprint density at radius 3 is 2.95 bits per heavy atom. The lowest BCUT2D eigenvalue weighted by Gasteiger charge is -2.26. The van der Waals surface area contributed by atoms with E-state index in [4.69, 9.17) is 5.73 Å². The van der Waals surface area contributed by atoms with Crippen molar-refractivity contribution in [3.63, 3.8) is 0 Å². The highest BCUT2D eigenvalue weighted by atomic mass is 32.1. The third kappa shape index (κ3) is 2.76. The van der Waals surface area contributed by atoms with Crippen LogP contribution in [0.2, 0.25) is 0 Å². The number of aromatic nitrogens is 1. The molecule has 1 aliphatic heterocycles. The standard InChI is InChI=1S/C15H18N4O2S/c1-9(17-15(16)21)14(20)19-8-4-6-11(19)13-18-10-5-2-3-7-12(10)22-13/h2-3,5,7,9,11H,4,6,8H2,1H3,(H3,16,17,21)/t9-,11?/m0/s1. The van der Waals surface area contributed by atoms with Crippen LogP contribution in [-0.4, -0.2) is 34.4 Å². The molecule has 1 aromatic carbocycles. The molecule has 2 atom stereocenters. The first-order valence-electron chi connectivity index (χ1n) is 7.28. The number of fused-ring (bicyclic) bond motifs is 1. The summed E-state index contributed by atoms with van der Waals surface area (Å²) in [4.78, 5) is 29.9. The molecule has 0 aliphatic carbocycles. The van der Waals surface area contributed by atoms with Gasteiger partial charge in [0.05, 0.1) is 16.3 Å². The summed E-state index contributed by atoms with van der Waals surface area (Å²) in [7, 11) is 0. The normalized spacial score (nSPS) is 19.3. The molecule has 3 N–H and O–H groups in total. The number of urea groups is 1. The summed E-state index contributed by atoms with van der Waals surface area (Å²) in [5.41, 5.74) is 6.06. The van der Waals surface area contributed by atoms with Crippen molar-refractivity contribution in [2.45, 2.75) is 31.8 Å². The largest absolute Gasteiger partial charge is 0.352 e. The Bertz CT molecular complexity index is 681. The zero-order valence-electron chi connectivity index (χ0n) is 12.3. The van der Waals surface area contributed by atoms with Gasteiger partial charge in [-0.15, -0.1) is 11.3 Å². The van der Waals surface area contributed by atoms with Gasteiger partial charge in [0.2, 0.25) is 5.91 Å². The van der Waals surface area contributed by atoms with Crippen molar-refractivity contribution in [1.82, 2.24) is 15.2 Å². The lowest BCUT2D eigenvalue weighted by Crippen LogP contribution is -2.48. The Morgan fingerprint density at radius 2 is 2.23 bits per heavy atom. The molecule has 0 radical (unpaired) electrons. The number of amides is 3. The van der Waals surface area contributed by atoms with Crippen molar-refractivity contribution in [3.05, 3.63) is 29.3 Å². The third-order valence-electron chi connectivity index (χ3n) is 3.86. The molecule has 1 aromatic heterocycles. The summed E-state index contributed by atoms with van der Waals surface area (Å²) >= 11 is 1.62. The van der Waals surface area contributed by atoms with Crippen LogP contribution in [0.15, 0.2) is 24.3 Å². The zero-order valence-corrected chi connectivity index (χ0v) is 13.1. The molecule has 6 nitrogen and oxygen atoms in total. The smallest absolute Gasteiger partial charge is 0.312 e. The van der Waals surface area contributed by atoms with Crippen LogP contribution in [0.4, 0.5) is 4.79 Å². The lowest BCUT2D eigenvalue weighted by atomic mass is 10.2. The molecule has 1 fully saturated rings. The van der Waals surface area contributed by atoms with Gasteiger partial charge in [-0.05, 0) is 31.9 Å². The molecule has 2 aromatic rings. The minimum Gasteiger partial charge on any atom is -0.352 e. The summed E-state index contributed by atoms with van der Waals surface area (Å²) in [6.45, 7) is 2.34. The highest BCUT2D eigenvalue weighted by Crippen LogP contribution is 2.36. The maximum atomic E-state index is 12.5. The van der Waals surface area contributed by atoms with E-state index in [9.17, 15) is 9.59 Å². The van der Waals surface area contributed by atoms with Gasteiger partial charge >= 0.3 is 6.03 Å². The molecule has 0 bridgehead atoms. The molecule has 0 spiro atoms. The number of rotatable bonds is 3. The Kier molecular flexibility index (Phi) is 3.98. The number of likely N-dealkylation sites (tertiary alicyclic amines) is 1. The van der Waals surface area contributed by atoms with Crippen LogP contribution in [0.5, 0.6) is 0 Å². The Hall–Kier alpha value is -2.15. The third-order valence-corrected chi connectivity index (χ3v) is 5.00. The van der Waals surface area contributed by atoms with Crippen molar-refractivity contribution >= 4 is 33.5 Å². The molecule has 22 heavy (non-hydrogen) atoms. The first kappa shape index (κ1) is 14.8. The topological polar surface area (TPSA) is 88.3 Å². The number of nitrogens with two attached hydrogens (primary N) is 1. The van der Waals surface area contributed by atoms with Crippen molar-refractivity contribution in [2.75, 3.05) is 6.54 Å². The van der Waals surface area contributed by atoms with Gasteiger partial charge < -0.3 is 16.0 Å². The summed E-state index contributed by atoms with van der Waals surface area (Å²) in [6.07, 6.45) is 1.84. The molecular formula is C15H18N4O2S. The number of carbonyl (C=O) groups excluding carboxylic acids is 2. The van der Waals surface area contributed by atoms with Crippen molar-refractivity contribution in [3.8, 4) is 0 Å². The molecule has 1 aliphatic rings. The number of para-hydroxylation sites is 1. The van der Waals surface area contributed by atoms with Crippen LogP contribution < -0.4 is 11.1 Å². The number of carbonyl (C=O) groups is 2. The fraction of sp³-hybridized carbons (Fsp3) is 0.400. The predicted molar refractivity (Wildman–Crippen MR) is 85.5 cm³/mol. The van der Waals surface area contributed by atoms with E-state index in [0.717, 1.165) is 28.1 Å². The summed E-state index contributed by atoms with van der Waals surface area (Å²) < 4.78 is 1.13. The molecule has 1 saturated heterocycles. The second-order valence-electron chi connectivity index (χ2n) is 5.44. The van der Waals surface area contributed by atoms with E-state index in [1.807, 2.05) is 24.3 Å². The van der Waals surface area contributed by atoms with Gasteiger partial charge in [-0.2, -0.15) is 0 Å². The number of nitrogens with zero attached hydrogens (tertiary/aromatic N) is 2. The van der Waals surface area contributed by atoms with E-state index in [2.05, 4.69) is 10.3 Å². The van der Waals surface area contributed by atoms with Crippen LogP contribution in [-0.2, 0) is 4.79 Å². The van der Waals surface area contributed by atoms with Gasteiger partial charge in [0.15, 0.2) is 0 Å². The SMILES string of the molecule is C[C@H](NC(N)=O)C(=O)N1CCCC1c1nc2ccccc2s1. The van der Waals surface area contributed by atoms with Crippen LogP contribution in [0.1, 0.15) is 30.8 Å². The Labute approximate surface area is 132 Å². The van der Waals surface area contributed by atoms with Gasteiger partial charge in [-0.25, -0.2) is 9.78 Å². The van der Waals surface area contributed by atoms with E-state index >= 15 is 0 Å². The zero-order chi connectivity index (χ0) is 15.7. The molecular weight excluding hydrogens is 300 g/mol. The first-order valence-corrected chi connectivity index (χ1v) is 8.10. The number of hydrogen-bond donors (Lipinski definition) is 2. The highest BCUT2D eigenvalue weighted by Gasteiger charge is 2.34. The maximum Gasteiger partial charge on any atom is 0.312 e. The maximum absolute atomic E-state index is 12.5. The Balaban J connectivity index is 1.83. The minimum absolute atomic E-state index is 0.0120. The second kappa shape index (κ2) is 5.92. The van der Waals surface area contributed by atoms with Crippen LogP contribution >= 0.6 is 11.3 Å². The highest BCUT2D eigenvalue weighted by molar-refractivity contribution is 7.18. The fourth-order valence-electron chi connectivity index (χ4n) is 2.84. The van der Waals surface area contributed by atoms with Crippen molar-refractivity contribution in [1.29, 1.82) is 0 Å². The summed E-state index contributed by atoms with van der Waals surface area (Å²) in [5, 5.41) is 3.41. The first-order chi connectivity index (χ1) is 10.6. The number of nitrogens with one attached hydrogen (secondary N) is 1. The summed E-state index contributed by atoms with van der Waals surface area (Å²) in [5.74, 6) is -0.111. The van der Waals surface area contributed by atoms with Crippen LogP contribution in [0, 0.1) is 0 Å². The van der Waals surface area contributed by atoms with E-state index in [0.29, 0.717) is 6.54 Å². The lowest BCUT2D eigenvalue weighted by molar-refractivity contribution is -0.133. The van der Waals surface area contributed by atoms with Gasteiger partial charge in [0.25, 0.3) is 0 Å². The van der Waals surface area contributed by atoms with Gasteiger partial charge in [-0.3, -0.25) is 4.79 Å². The van der Waals surface area contributed by atoms with Gasteiger partial charge in [0, 0.05) is 6.54 Å². The quantitative estimate of drug-likeness (QED) is 0.907. The number of primary amides is 1. The molecule has 2 heterocycles. The van der Waals surface area contributed by atoms with E-state index in [1.54, 1.807) is 23.2 Å². The van der Waals surface area contributed by atoms with Crippen LogP contribution in [0.25, 0.3) is 10.2 Å². The molecule has 1 unspecified atom stereocenters. The molecule has 7 heteroatoms. The van der Waals surface area contributed by atoms with Gasteiger partial charge in [0.1, 0.15) is 11.0 Å². The molecule has 3 rings (SSSR count). The summed E-state index contributed by atoms with van der Waals surface area (Å²) in [6, 6.07) is 6.65. The average molecular weight is 318 g/mol.